The Kier molecular flexibility index (Phi) is 3.79. The Morgan fingerprint density at radius 1 is 1.40 bits per heavy atom. The Labute approximate surface area is 114 Å². The summed E-state index contributed by atoms with van der Waals surface area (Å²) >= 11 is 0. The molecule has 0 saturated heterocycles. The third-order valence-corrected chi connectivity index (χ3v) is 2.78. The second-order valence-electron chi connectivity index (χ2n) is 4.28. The van der Waals surface area contributed by atoms with Gasteiger partial charge >= 0.3 is 0 Å². The van der Waals surface area contributed by atoms with Gasteiger partial charge in [0.1, 0.15) is 17.5 Å². The Hall–Kier alpha value is -2.70. The zero-order chi connectivity index (χ0) is 14.7. The lowest BCUT2D eigenvalue weighted by Crippen LogP contribution is -2.10. The maximum atomic E-state index is 13.6. The van der Waals surface area contributed by atoms with E-state index in [4.69, 9.17) is 5.73 Å². The highest BCUT2D eigenvalue weighted by molar-refractivity contribution is 5.53. The largest absolute Gasteiger partial charge is 0.383 e. The Morgan fingerprint density at radius 3 is 2.75 bits per heavy atom. The van der Waals surface area contributed by atoms with E-state index < -0.39 is 11.0 Å². The molecule has 1 aromatic carbocycles. The molecular weight excluding hydrogens is 263 g/mol. The Balaban J connectivity index is 2.26. The van der Waals surface area contributed by atoms with E-state index in [1.54, 1.807) is 25.1 Å². The number of nitrogens with zero attached hydrogens (tertiary/aromatic N) is 2. The highest BCUT2D eigenvalue weighted by Gasteiger charge is 2.14. The molecule has 0 amide bonds. The summed E-state index contributed by atoms with van der Waals surface area (Å²) in [7, 11) is 0. The molecule has 0 aliphatic heterocycles. The van der Waals surface area contributed by atoms with Crippen molar-refractivity contribution in [2.45, 2.75) is 13.0 Å². The smallest absolute Gasteiger partial charge is 0.276 e. The molecule has 2 aromatic rings. The maximum absolute atomic E-state index is 13.6. The monoisotopic (exact) mass is 276 g/mol. The molecule has 1 heterocycles. The summed E-state index contributed by atoms with van der Waals surface area (Å²) in [6.45, 7) is 1.73. The molecule has 20 heavy (non-hydrogen) atoms. The molecule has 0 bridgehead atoms. The zero-order valence-corrected chi connectivity index (χ0v) is 10.7. The number of nitrogens with one attached hydrogen (secondary N) is 1. The van der Waals surface area contributed by atoms with Crippen molar-refractivity contribution in [2.75, 3.05) is 11.1 Å². The molecular formula is C13H13FN4O2. The number of aromatic nitrogens is 1. The number of halogens is 1. The van der Waals surface area contributed by atoms with Gasteiger partial charge in [-0.1, -0.05) is 18.2 Å². The van der Waals surface area contributed by atoms with Gasteiger partial charge in [0.15, 0.2) is 0 Å². The van der Waals surface area contributed by atoms with E-state index in [2.05, 4.69) is 10.3 Å². The van der Waals surface area contributed by atoms with Gasteiger partial charge in [-0.15, -0.1) is 0 Å². The number of nitrogen functional groups attached to an aromatic ring is 1. The van der Waals surface area contributed by atoms with Crippen LogP contribution in [0.2, 0.25) is 0 Å². The molecule has 7 heteroatoms. The number of benzene rings is 1. The number of anilines is 2. The fraction of sp³-hybridized carbons (Fsp3) is 0.154. The predicted octanol–water partition coefficient (Wildman–Crippen LogP) is 2.88. The molecule has 0 saturated carbocycles. The molecule has 0 aliphatic rings. The standard InChI is InChI=1S/C13H13FN4O2/c1-8(10-4-2-3-5-11(10)14)16-13-7-9(18(19)20)6-12(15)17-13/h2-8H,1H3,(H3,15,16,17). The number of pyridine rings is 1. The van der Waals surface area contributed by atoms with Crippen LogP contribution in [-0.4, -0.2) is 9.91 Å². The summed E-state index contributed by atoms with van der Waals surface area (Å²) in [6, 6.07) is 8.31. The third kappa shape index (κ3) is 3.00. The summed E-state index contributed by atoms with van der Waals surface area (Å²) in [4.78, 5) is 14.1. The van der Waals surface area contributed by atoms with Crippen LogP contribution in [0.5, 0.6) is 0 Å². The molecule has 0 spiro atoms. The van der Waals surface area contributed by atoms with Crippen molar-refractivity contribution >= 4 is 17.3 Å². The van der Waals surface area contributed by atoms with Gasteiger partial charge in [0.25, 0.3) is 5.69 Å². The number of nitro groups is 1. The topological polar surface area (TPSA) is 94.1 Å². The van der Waals surface area contributed by atoms with E-state index in [9.17, 15) is 14.5 Å². The minimum Gasteiger partial charge on any atom is -0.383 e. The van der Waals surface area contributed by atoms with Gasteiger partial charge in [-0.05, 0) is 13.0 Å². The van der Waals surface area contributed by atoms with Crippen LogP contribution in [0.15, 0.2) is 36.4 Å². The lowest BCUT2D eigenvalue weighted by Gasteiger charge is -2.15. The molecule has 1 atom stereocenters. The average Bonchev–Trinajstić information content (AvgIpc) is 2.38. The Morgan fingerprint density at radius 2 is 2.10 bits per heavy atom. The van der Waals surface area contributed by atoms with E-state index in [1.165, 1.54) is 18.2 Å². The van der Waals surface area contributed by atoms with Crippen molar-refractivity contribution in [3.63, 3.8) is 0 Å². The van der Waals surface area contributed by atoms with Gasteiger partial charge < -0.3 is 11.1 Å². The van der Waals surface area contributed by atoms with Crippen LogP contribution in [-0.2, 0) is 0 Å². The van der Waals surface area contributed by atoms with Crippen LogP contribution in [0.1, 0.15) is 18.5 Å². The van der Waals surface area contributed by atoms with Gasteiger partial charge in [-0.25, -0.2) is 9.37 Å². The van der Waals surface area contributed by atoms with Gasteiger partial charge in [0.2, 0.25) is 0 Å². The molecule has 2 rings (SSSR count). The number of nitrogens with two attached hydrogens (primary N) is 1. The lowest BCUT2D eigenvalue weighted by atomic mass is 10.1. The zero-order valence-electron chi connectivity index (χ0n) is 10.7. The van der Waals surface area contributed by atoms with Gasteiger partial charge in [-0.3, -0.25) is 10.1 Å². The van der Waals surface area contributed by atoms with E-state index in [1.807, 2.05) is 0 Å². The van der Waals surface area contributed by atoms with Gasteiger partial charge in [-0.2, -0.15) is 0 Å². The van der Waals surface area contributed by atoms with Crippen LogP contribution in [0.4, 0.5) is 21.7 Å². The van der Waals surface area contributed by atoms with Crippen LogP contribution < -0.4 is 11.1 Å². The first kappa shape index (κ1) is 13.7. The van der Waals surface area contributed by atoms with E-state index >= 15 is 0 Å². The summed E-state index contributed by atoms with van der Waals surface area (Å²) in [6.07, 6.45) is 0. The molecule has 104 valence electrons. The molecule has 1 unspecified atom stereocenters. The normalized spacial score (nSPS) is 11.9. The molecule has 6 nitrogen and oxygen atoms in total. The lowest BCUT2D eigenvalue weighted by molar-refractivity contribution is -0.384. The first-order chi connectivity index (χ1) is 9.47. The fourth-order valence-electron chi connectivity index (χ4n) is 1.84. The van der Waals surface area contributed by atoms with Gasteiger partial charge in [0, 0.05) is 5.56 Å². The van der Waals surface area contributed by atoms with Crippen LogP contribution in [0.25, 0.3) is 0 Å². The quantitative estimate of drug-likeness (QED) is 0.661. The van der Waals surface area contributed by atoms with Crippen molar-refractivity contribution in [1.82, 2.24) is 4.98 Å². The van der Waals surface area contributed by atoms with Crippen LogP contribution in [0.3, 0.4) is 0 Å². The predicted molar refractivity (Wildman–Crippen MR) is 73.7 cm³/mol. The number of rotatable bonds is 4. The van der Waals surface area contributed by atoms with E-state index in [0.29, 0.717) is 5.56 Å². The van der Waals surface area contributed by atoms with E-state index in [-0.39, 0.29) is 23.1 Å². The van der Waals surface area contributed by atoms with Crippen molar-refractivity contribution in [2.24, 2.45) is 0 Å². The second-order valence-corrected chi connectivity index (χ2v) is 4.28. The summed E-state index contributed by atoms with van der Waals surface area (Å²) in [5.74, 6) is -0.0965. The molecule has 3 N–H and O–H groups in total. The third-order valence-electron chi connectivity index (χ3n) is 2.78. The van der Waals surface area contributed by atoms with Crippen LogP contribution >= 0.6 is 0 Å². The molecule has 1 aromatic heterocycles. The van der Waals surface area contributed by atoms with Crippen molar-refractivity contribution in [1.29, 1.82) is 0 Å². The number of hydrogen-bond donors (Lipinski definition) is 2. The summed E-state index contributed by atoms with van der Waals surface area (Å²) < 4.78 is 13.6. The molecule has 0 aliphatic carbocycles. The van der Waals surface area contributed by atoms with Crippen molar-refractivity contribution < 1.29 is 9.31 Å². The first-order valence-electron chi connectivity index (χ1n) is 5.90. The maximum Gasteiger partial charge on any atom is 0.276 e. The molecule has 0 radical (unpaired) electrons. The Bertz CT molecular complexity index is 648. The van der Waals surface area contributed by atoms with Gasteiger partial charge in [0.05, 0.1) is 23.1 Å². The fourth-order valence-corrected chi connectivity index (χ4v) is 1.84. The SMILES string of the molecule is CC(Nc1cc([N+](=O)[O-])cc(N)n1)c1ccccc1F. The minimum absolute atomic E-state index is 0.0300. The first-order valence-corrected chi connectivity index (χ1v) is 5.90. The highest BCUT2D eigenvalue weighted by atomic mass is 19.1. The second kappa shape index (κ2) is 5.52. The molecule has 0 fully saturated rings. The van der Waals surface area contributed by atoms with Crippen molar-refractivity contribution in [3.05, 3.63) is 57.9 Å². The van der Waals surface area contributed by atoms with E-state index in [0.717, 1.165) is 0 Å². The average molecular weight is 276 g/mol. The van der Waals surface area contributed by atoms with Crippen molar-refractivity contribution in [3.8, 4) is 0 Å². The van der Waals surface area contributed by atoms with Crippen LogP contribution in [0, 0.1) is 15.9 Å². The summed E-state index contributed by atoms with van der Waals surface area (Å²) in [5, 5.41) is 13.6. The minimum atomic E-state index is -0.559. The highest BCUT2D eigenvalue weighted by Crippen LogP contribution is 2.24. The summed E-state index contributed by atoms with van der Waals surface area (Å²) in [5.41, 5.74) is 5.79. The number of hydrogen-bond acceptors (Lipinski definition) is 5.